The maximum Gasteiger partial charge on any atom is 0.230 e. The van der Waals surface area contributed by atoms with Crippen LogP contribution in [-0.2, 0) is 10.2 Å². The third kappa shape index (κ3) is 3.88. The second-order valence-electron chi connectivity index (χ2n) is 6.11. The lowest BCUT2D eigenvalue weighted by atomic mass is 9.64. The van der Waals surface area contributed by atoms with Crippen molar-refractivity contribution in [3.05, 3.63) is 58.0 Å². The van der Waals surface area contributed by atoms with Crippen molar-refractivity contribution in [2.24, 2.45) is 0 Å². The van der Waals surface area contributed by atoms with Crippen molar-refractivity contribution in [2.45, 2.75) is 24.7 Å². The van der Waals surface area contributed by atoms with Gasteiger partial charge in [-0.15, -0.1) is 0 Å². The van der Waals surface area contributed by atoms with E-state index in [-0.39, 0.29) is 11.7 Å². The van der Waals surface area contributed by atoms with Crippen LogP contribution in [0.15, 0.2) is 36.5 Å². The SMILES string of the molecule is O=C(NCCNc1ncc(Cl)cc1Cl)C1(c2ccc(F)cc2)CCC1. The van der Waals surface area contributed by atoms with E-state index in [1.165, 1.54) is 18.3 Å². The van der Waals surface area contributed by atoms with Crippen LogP contribution in [-0.4, -0.2) is 24.0 Å². The molecule has 0 radical (unpaired) electrons. The highest BCUT2D eigenvalue weighted by atomic mass is 35.5. The summed E-state index contributed by atoms with van der Waals surface area (Å²) in [5, 5.41) is 6.91. The summed E-state index contributed by atoms with van der Waals surface area (Å²) in [7, 11) is 0. The standard InChI is InChI=1S/C18H18Cl2FN3O/c19-13-10-15(20)16(24-11-13)22-8-9-23-17(25)18(6-1-7-18)12-2-4-14(21)5-3-12/h2-5,10-11H,1,6-9H2,(H,22,24)(H,23,25). The fourth-order valence-electron chi connectivity index (χ4n) is 3.02. The number of hydrogen-bond acceptors (Lipinski definition) is 3. The normalized spacial score (nSPS) is 15.3. The smallest absolute Gasteiger partial charge is 0.230 e. The summed E-state index contributed by atoms with van der Waals surface area (Å²) in [6, 6.07) is 7.80. The molecule has 1 aromatic heterocycles. The average Bonchev–Trinajstić information content (AvgIpc) is 2.54. The minimum absolute atomic E-state index is 0.0256. The van der Waals surface area contributed by atoms with Gasteiger partial charge in [0.15, 0.2) is 0 Å². The molecule has 0 saturated heterocycles. The molecule has 7 heteroatoms. The van der Waals surface area contributed by atoms with E-state index >= 15 is 0 Å². The molecule has 2 N–H and O–H groups in total. The van der Waals surface area contributed by atoms with Crippen LogP contribution in [0.25, 0.3) is 0 Å². The number of anilines is 1. The number of benzene rings is 1. The highest BCUT2D eigenvalue weighted by molar-refractivity contribution is 6.35. The number of amides is 1. The molecule has 0 unspecified atom stereocenters. The van der Waals surface area contributed by atoms with Crippen molar-refractivity contribution in [3.8, 4) is 0 Å². The number of nitrogens with zero attached hydrogens (tertiary/aromatic N) is 1. The molecular weight excluding hydrogens is 364 g/mol. The van der Waals surface area contributed by atoms with Crippen LogP contribution in [0.2, 0.25) is 10.0 Å². The van der Waals surface area contributed by atoms with Crippen molar-refractivity contribution in [2.75, 3.05) is 18.4 Å². The highest BCUT2D eigenvalue weighted by Gasteiger charge is 2.45. The van der Waals surface area contributed by atoms with Gasteiger partial charge < -0.3 is 10.6 Å². The van der Waals surface area contributed by atoms with Gasteiger partial charge in [-0.2, -0.15) is 0 Å². The molecule has 3 rings (SSSR count). The molecule has 0 atom stereocenters. The van der Waals surface area contributed by atoms with E-state index in [4.69, 9.17) is 23.2 Å². The Kier molecular flexibility index (Phi) is 5.45. The minimum atomic E-state index is -0.538. The predicted molar refractivity (Wildman–Crippen MR) is 97.7 cm³/mol. The molecule has 1 heterocycles. The predicted octanol–water partition coefficient (Wildman–Crippen LogP) is 4.18. The topological polar surface area (TPSA) is 54.0 Å². The van der Waals surface area contributed by atoms with Crippen LogP contribution in [0, 0.1) is 5.82 Å². The Morgan fingerprint density at radius 2 is 1.92 bits per heavy atom. The number of carbonyl (C=O) groups excluding carboxylic acids is 1. The molecule has 1 saturated carbocycles. The van der Waals surface area contributed by atoms with Gasteiger partial charge in [-0.25, -0.2) is 9.37 Å². The van der Waals surface area contributed by atoms with Crippen LogP contribution < -0.4 is 10.6 Å². The first-order valence-corrected chi connectivity index (χ1v) is 8.86. The summed E-state index contributed by atoms with van der Waals surface area (Å²) >= 11 is 11.8. The second-order valence-corrected chi connectivity index (χ2v) is 6.95. The summed E-state index contributed by atoms with van der Waals surface area (Å²) in [6.07, 6.45) is 4.06. The van der Waals surface area contributed by atoms with E-state index in [0.717, 1.165) is 24.8 Å². The Morgan fingerprint density at radius 1 is 1.20 bits per heavy atom. The van der Waals surface area contributed by atoms with E-state index in [1.54, 1.807) is 18.2 Å². The highest BCUT2D eigenvalue weighted by Crippen LogP contribution is 2.43. The zero-order valence-electron chi connectivity index (χ0n) is 13.5. The largest absolute Gasteiger partial charge is 0.367 e. The van der Waals surface area contributed by atoms with E-state index in [0.29, 0.717) is 29.0 Å². The Morgan fingerprint density at radius 3 is 2.52 bits per heavy atom. The average molecular weight is 382 g/mol. The number of rotatable bonds is 6. The van der Waals surface area contributed by atoms with Gasteiger partial charge >= 0.3 is 0 Å². The van der Waals surface area contributed by atoms with E-state index in [2.05, 4.69) is 15.6 Å². The fourth-order valence-corrected chi connectivity index (χ4v) is 3.46. The number of halogens is 3. The molecule has 4 nitrogen and oxygen atoms in total. The first-order valence-electron chi connectivity index (χ1n) is 8.10. The molecule has 1 aliphatic carbocycles. The Balaban J connectivity index is 1.55. The Hall–Kier alpha value is -1.85. The quantitative estimate of drug-likeness (QED) is 0.738. The van der Waals surface area contributed by atoms with Gasteiger partial charge in [0.1, 0.15) is 11.6 Å². The monoisotopic (exact) mass is 381 g/mol. The Labute approximate surface area is 155 Å². The number of pyridine rings is 1. The third-order valence-electron chi connectivity index (χ3n) is 4.55. The molecule has 1 amide bonds. The third-order valence-corrected chi connectivity index (χ3v) is 5.04. The van der Waals surface area contributed by atoms with Gasteiger partial charge in [-0.1, -0.05) is 41.8 Å². The van der Waals surface area contributed by atoms with Crippen molar-refractivity contribution in [1.82, 2.24) is 10.3 Å². The number of aromatic nitrogens is 1. The molecule has 0 aliphatic heterocycles. The van der Waals surface area contributed by atoms with Crippen molar-refractivity contribution in [1.29, 1.82) is 0 Å². The summed E-state index contributed by atoms with van der Waals surface area (Å²) in [4.78, 5) is 16.8. The summed E-state index contributed by atoms with van der Waals surface area (Å²) in [5.74, 6) is 0.203. The van der Waals surface area contributed by atoms with Gasteiger partial charge in [0.2, 0.25) is 5.91 Å². The second kappa shape index (κ2) is 7.58. The molecule has 1 aliphatic rings. The van der Waals surface area contributed by atoms with Gasteiger partial charge in [0.05, 0.1) is 15.5 Å². The van der Waals surface area contributed by atoms with E-state index in [1.807, 2.05) is 0 Å². The first-order chi connectivity index (χ1) is 12.0. The lowest BCUT2D eigenvalue weighted by Gasteiger charge is -2.40. The van der Waals surface area contributed by atoms with Gasteiger partial charge in [-0.05, 0) is 36.6 Å². The van der Waals surface area contributed by atoms with Crippen molar-refractivity contribution < 1.29 is 9.18 Å². The fraction of sp³-hybridized carbons (Fsp3) is 0.333. The van der Waals surface area contributed by atoms with Crippen LogP contribution in [0.5, 0.6) is 0 Å². The molecule has 1 aromatic carbocycles. The summed E-state index contributed by atoms with van der Waals surface area (Å²) in [5.41, 5.74) is 0.331. The molecule has 0 spiro atoms. The summed E-state index contributed by atoms with van der Waals surface area (Å²) < 4.78 is 13.1. The zero-order chi connectivity index (χ0) is 17.9. The first kappa shape index (κ1) is 18.0. The molecule has 0 bridgehead atoms. The number of hydrogen-bond donors (Lipinski definition) is 2. The van der Waals surface area contributed by atoms with E-state index < -0.39 is 5.41 Å². The Bertz CT molecular complexity index is 763. The minimum Gasteiger partial charge on any atom is -0.367 e. The van der Waals surface area contributed by atoms with Crippen molar-refractivity contribution >= 4 is 34.9 Å². The van der Waals surface area contributed by atoms with Crippen LogP contribution in [0.1, 0.15) is 24.8 Å². The van der Waals surface area contributed by atoms with Crippen molar-refractivity contribution in [3.63, 3.8) is 0 Å². The maximum atomic E-state index is 13.1. The van der Waals surface area contributed by atoms with Gasteiger partial charge in [0, 0.05) is 19.3 Å². The van der Waals surface area contributed by atoms with Crippen LogP contribution in [0.3, 0.4) is 0 Å². The molecule has 132 valence electrons. The molecular formula is C18H18Cl2FN3O. The molecule has 25 heavy (non-hydrogen) atoms. The van der Waals surface area contributed by atoms with Crippen LogP contribution >= 0.6 is 23.2 Å². The lowest BCUT2D eigenvalue weighted by molar-refractivity contribution is -0.129. The number of carbonyl (C=O) groups is 1. The van der Waals surface area contributed by atoms with Crippen LogP contribution in [0.4, 0.5) is 10.2 Å². The lowest BCUT2D eigenvalue weighted by Crippen LogP contribution is -2.50. The summed E-state index contributed by atoms with van der Waals surface area (Å²) in [6.45, 7) is 0.919. The molecule has 1 fully saturated rings. The number of nitrogens with one attached hydrogen (secondary N) is 2. The van der Waals surface area contributed by atoms with Gasteiger partial charge in [-0.3, -0.25) is 4.79 Å². The van der Waals surface area contributed by atoms with E-state index in [9.17, 15) is 9.18 Å². The zero-order valence-corrected chi connectivity index (χ0v) is 15.0. The molecule has 2 aromatic rings. The maximum absolute atomic E-state index is 13.1. The van der Waals surface area contributed by atoms with Gasteiger partial charge in [0.25, 0.3) is 0 Å².